The van der Waals surface area contributed by atoms with E-state index in [0.29, 0.717) is 26.3 Å². The number of hydrazine groups is 1. The zero-order valence-corrected chi connectivity index (χ0v) is 20.0. The van der Waals surface area contributed by atoms with Crippen LogP contribution in [0.2, 0.25) is 0 Å². The molecule has 0 bridgehead atoms. The topological polar surface area (TPSA) is 55.0 Å². The molecule has 0 aromatic carbocycles. The molecule has 4 saturated heterocycles. The molecule has 9 nitrogen and oxygen atoms in total. The summed E-state index contributed by atoms with van der Waals surface area (Å²) < 4.78 is 12.2. The van der Waals surface area contributed by atoms with Gasteiger partial charge in [-0.2, -0.15) is 5.01 Å². The van der Waals surface area contributed by atoms with Gasteiger partial charge in [-0.3, -0.25) is 14.7 Å². The molecule has 2 unspecified atom stereocenters. The third-order valence-electron chi connectivity index (χ3n) is 7.55. The van der Waals surface area contributed by atoms with E-state index < -0.39 is 11.6 Å². The van der Waals surface area contributed by atoms with E-state index in [1.54, 1.807) is 0 Å². The summed E-state index contributed by atoms with van der Waals surface area (Å²) in [5.41, 5.74) is 0. The van der Waals surface area contributed by atoms with Crippen molar-refractivity contribution in [3.8, 4) is 0 Å². The van der Waals surface area contributed by atoms with Gasteiger partial charge in [0.2, 0.25) is 5.79 Å². The number of hydrogen-bond donors (Lipinski definition) is 0. The number of rotatable bonds is 7. The van der Waals surface area contributed by atoms with Gasteiger partial charge in [-0.1, -0.05) is 20.3 Å². The molecule has 0 aromatic heterocycles. The molecule has 4 heterocycles. The quantitative estimate of drug-likeness (QED) is 0.554. The Kier molecular flexibility index (Phi) is 7.10. The number of cyclic esters (lactones) is 1. The Bertz CT molecular complexity index is 614. The minimum atomic E-state index is -0.895. The molecule has 0 radical (unpaired) electrons. The summed E-state index contributed by atoms with van der Waals surface area (Å²) in [5, 5.41) is 4.21. The number of morpholine rings is 1. The summed E-state index contributed by atoms with van der Waals surface area (Å²) in [4.78, 5) is 23.5. The van der Waals surface area contributed by atoms with Crippen LogP contribution in [0.1, 0.15) is 46.0 Å². The molecule has 4 fully saturated rings. The maximum Gasteiger partial charge on any atom is 0.430 e. The number of hydrogen-bond acceptors (Lipinski definition) is 8. The predicted molar refractivity (Wildman–Crippen MR) is 119 cm³/mol. The van der Waals surface area contributed by atoms with Crippen molar-refractivity contribution in [2.45, 2.75) is 57.6 Å². The molecule has 0 aliphatic carbocycles. The van der Waals surface area contributed by atoms with Gasteiger partial charge in [0.15, 0.2) is 0 Å². The predicted octanol–water partition coefficient (Wildman–Crippen LogP) is 1.48. The van der Waals surface area contributed by atoms with E-state index in [9.17, 15) is 4.79 Å². The van der Waals surface area contributed by atoms with Gasteiger partial charge >= 0.3 is 6.09 Å². The maximum absolute atomic E-state index is 13.9. The van der Waals surface area contributed by atoms with Crippen molar-refractivity contribution >= 4 is 6.09 Å². The molecular formula is C22H42N6O3. The van der Waals surface area contributed by atoms with Crippen LogP contribution in [0.25, 0.3) is 0 Å². The molecular weight excluding hydrogens is 396 g/mol. The van der Waals surface area contributed by atoms with Crippen LogP contribution < -0.4 is 0 Å². The lowest BCUT2D eigenvalue weighted by molar-refractivity contribution is -0.334. The van der Waals surface area contributed by atoms with Crippen molar-refractivity contribution in [3.05, 3.63) is 0 Å². The Morgan fingerprint density at radius 3 is 1.84 bits per heavy atom. The molecule has 4 rings (SSSR count). The first-order chi connectivity index (χ1) is 15.0. The van der Waals surface area contributed by atoms with E-state index >= 15 is 0 Å². The van der Waals surface area contributed by atoms with Gasteiger partial charge < -0.3 is 9.47 Å². The molecule has 31 heavy (non-hydrogen) atoms. The average molecular weight is 439 g/mol. The molecule has 1 amide bonds. The zero-order valence-electron chi connectivity index (χ0n) is 20.0. The van der Waals surface area contributed by atoms with Crippen molar-refractivity contribution in [1.82, 2.24) is 29.6 Å². The first-order valence-corrected chi connectivity index (χ1v) is 12.3. The number of likely N-dealkylation sites (N-methyl/N-ethyl adjacent to an activating group) is 2. The Labute approximate surface area is 187 Å². The highest BCUT2D eigenvalue weighted by molar-refractivity contribution is 5.72. The lowest BCUT2D eigenvalue weighted by Crippen LogP contribution is -2.85. The van der Waals surface area contributed by atoms with E-state index in [2.05, 4.69) is 52.6 Å². The van der Waals surface area contributed by atoms with Crippen LogP contribution in [0.5, 0.6) is 0 Å². The van der Waals surface area contributed by atoms with E-state index in [4.69, 9.17) is 9.47 Å². The highest BCUT2D eigenvalue weighted by atomic mass is 16.6. The van der Waals surface area contributed by atoms with E-state index in [1.165, 1.54) is 6.42 Å². The number of carbonyl (C=O) groups is 1. The molecule has 0 spiro atoms. The van der Waals surface area contributed by atoms with Crippen LogP contribution in [0.4, 0.5) is 4.79 Å². The van der Waals surface area contributed by atoms with Gasteiger partial charge in [0, 0.05) is 52.4 Å². The smallest absolute Gasteiger partial charge is 0.407 e. The Morgan fingerprint density at radius 2 is 1.35 bits per heavy atom. The second-order valence-electron chi connectivity index (χ2n) is 9.30. The summed E-state index contributed by atoms with van der Waals surface area (Å²) in [6.45, 7) is 12.6. The summed E-state index contributed by atoms with van der Waals surface area (Å²) in [6, 6.07) is 0. The number of piperidine rings is 1. The van der Waals surface area contributed by atoms with Gasteiger partial charge in [0.1, 0.15) is 0 Å². The normalized spacial score (nSPS) is 34.3. The molecule has 0 saturated carbocycles. The number of amides is 1. The molecule has 4 aliphatic rings. The SMILES string of the molecule is CCN(CC)C1(N(C)C)OC(=O)N(N2CCOCC2)C1(N1CCCCC1)N1CCCC1. The Hall–Kier alpha value is -0.970. The van der Waals surface area contributed by atoms with Gasteiger partial charge in [-0.05, 0) is 39.8 Å². The van der Waals surface area contributed by atoms with Crippen molar-refractivity contribution in [2.24, 2.45) is 0 Å². The monoisotopic (exact) mass is 438 g/mol. The largest absolute Gasteiger partial charge is 0.430 e. The van der Waals surface area contributed by atoms with Crippen molar-refractivity contribution in [2.75, 3.05) is 79.7 Å². The van der Waals surface area contributed by atoms with Crippen LogP contribution in [-0.4, -0.2) is 127 Å². The number of ether oxygens (including phenoxy) is 2. The lowest BCUT2D eigenvalue weighted by atomic mass is 10.0. The summed E-state index contributed by atoms with van der Waals surface area (Å²) in [6.07, 6.45) is 5.63. The van der Waals surface area contributed by atoms with Crippen LogP contribution in [-0.2, 0) is 9.47 Å². The molecule has 9 heteroatoms. The van der Waals surface area contributed by atoms with Crippen molar-refractivity contribution in [1.29, 1.82) is 0 Å². The molecule has 178 valence electrons. The lowest BCUT2D eigenvalue weighted by Gasteiger charge is -2.62. The number of likely N-dealkylation sites (tertiary alicyclic amines) is 2. The fraction of sp³-hybridized carbons (Fsp3) is 0.955. The fourth-order valence-corrected chi connectivity index (χ4v) is 6.28. The maximum atomic E-state index is 13.9. The second kappa shape index (κ2) is 9.49. The standard InChI is InChI=1S/C22H42N6O3/c1-5-24(6-2)22(23(3)4)21(26-14-10-11-15-26,25-12-8-7-9-13-25)28(20(29)31-22)27-16-18-30-19-17-27/h5-19H2,1-4H3. The summed E-state index contributed by atoms with van der Waals surface area (Å²) in [7, 11) is 4.15. The van der Waals surface area contributed by atoms with Crippen molar-refractivity contribution < 1.29 is 14.3 Å². The first kappa shape index (κ1) is 23.2. The highest BCUT2D eigenvalue weighted by Crippen LogP contribution is 2.50. The Balaban J connectivity index is 1.94. The molecule has 2 atom stereocenters. The van der Waals surface area contributed by atoms with Gasteiger partial charge in [-0.25, -0.2) is 14.7 Å². The third-order valence-corrected chi connectivity index (χ3v) is 7.55. The van der Waals surface area contributed by atoms with Gasteiger partial charge in [-0.15, -0.1) is 0 Å². The number of carbonyl (C=O) groups excluding carboxylic acids is 1. The summed E-state index contributed by atoms with van der Waals surface area (Å²) >= 11 is 0. The van der Waals surface area contributed by atoms with E-state index in [0.717, 1.165) is 65.0 Å². The zero-order chi connectivity index (χ0) is 22.1. The molecule has 4 aliphatic heterocycles. The van der Waals surface area contributed by atoms with Crippen LogP contribution in [0.3, 0.4) is 0 Å². The minimum absolute atomic E-state index is 0.236. The van der Waals surface area contributed by atoms with Crippen LogP contribution >= 0.6 is 0 Å². The Morgan fingerprint density at radius 1 is 0.839 bits per heavy atom. The van der Waals surface area contributed by atoms with Crippen LogP contribution in [0, 0.1) is 0 Å². The third kappa shape index (κ3) is 3.48. The molecule has 0 N–H and O–H groups in total. The summed E-state index contributed by atoms with van der Waals surface area (Å²) in [5.74, 6) is -1.60. The fourth-order valence-electron chi connectivity index (χ4n) is 6.28. The molecule has 0 aromatic rings. The van der Waals surface area contributed by atoms with Crippen LogP contribution in [0.15, 0.2) is 0 Å². The van der Waals surface area contributed by atoms with Gasteiger partial charge in [0.25, 0.3) is 5.85 Å². The van der Waals surface area contributed by atoms with Gasteiger partial charge in [0.05, 0.1) is 13.2 Å². The second-order valence-corrected chi connectivity index (χ2v) is 9.30. The van der Waals surface area contributed by atoms with E-state index in [-0.39, 0.29) is 6.09 Å². The van der Waals surface area contributed by atoms with E-state index in [1.807, 2.05) is 5.01 Å². The van der Waals surface area contributed by atoms with Crippen molar-refractivity contribution in [3.63, 3.8) is 0 Å². The number of nitrogens with zero attached hydrogens (tertiary/aromatic N) is 6. The average Bonchev–Trinajstić information content (AvgIpc) is 3.41. The minimum Gasteiger partial charge on any atom is -0.407 e. The first-order valence-electron chi connectivity index (χ1n) is 12.3. The highest BCUT2D eigenvalue weighted by Gasteiger charge is 2.76.